The summed E-state index contributed by atoms with van der Waals surface area (Å²) >= 11 is 0. The van der Waals surface area contributed by atoms with Gasteiger partial charge < -0.3 is 20.1 Å². The van der Waals surface area contributed by atoms with Crippen molar-refractivity contribution >= 4 is 12.0 Å². The highest BCUT2D eigenvalue weighted by atomic mass is 19.4. The van der Waals surface area contributed by atoms with E-state index in [1.54, 1.807) is 24.3 Å². The molecule has 2 amide bonds. The number of nitrogens with one attached hydrogen (secondary N) is 1. The topological polar surface area (TPSA) is 78.9 Å². The molecule has 0 saturated heterocycles. The minimum absolute atomic E-state index is 0.0759. The molecule has 6 nitrogen and oxygen atoms in total. The molecule has 0 unspecified atom stereocenters. The molecule has 1 aromatic carbocycles. The van der Waals surface area contributed by atoms with Gasteiger partial charge in [0.2, 0.25) is 0 Å². The largest absolute Gasteiger partial charge is 0.481 e. The third kappa shape index (κ3) is 8.37. The van der Waals surface area contributed by atoms with Gasteiger partial charge in [0.25, 0.3) is 0 Å². The molecular formula is C15H19F3N2O4. The Labute approximate surface area is 137 Å². The maximum atomic E-state index is 12.0. The van der Waals surface area contributed by atoms with Crippen molar-refractivity contribution in [3.8, 4) is 0 Å². The first-order chi connectivity index (χ1) is 11.2. The molecule has 0 heterocycles. The summed E-state index contributed by atoms with van der Waals surface area (Å²) in [5, 5.41) is 11.2. The minimum Gasteiger partial charge on any atom is -0.481 e. The van der Waals surface area contributed by atoms with Crippen LogP contribution in [-0.4, -0.2) is 48.4 Å². The molecule has 9 heteroatoms. The lowest BCUT2D eigenvalue weighted by atomic mass is 10.1. The Bertz CT molecular complexity index is 564. The van der Waals surface area contributed by atoms with Crippen LogP contribution in [0.1, 0.15) is 17.5 Å². The van der Waals surface area contributed by atoms with E-state index in [1.165, 1.54) is 11.9 Å². The number of amides is 2. The van der Waals surface area contributed by atoms with Crippen LogP contribution in [-0.2, 0) is 22.7 Å². The molecule has 134 valence electrons. The number of alkyl halides is 3. The average molecular weight is 348 g/mol. The van der Waals surface area contributed by atoms with Crippen LogP contribution in [0.15, 0.2) is 24.3 Å². The van der Waals surface area contributed by atoms with Crippen molar-refractivity contribution < 1.29 is 32.6 Å². The Hall–Kier alpha value is -2.29. The number of rotatable bonds is 8. The van der Waals surface area contributed by atoms with Gasteiger partial charge in [-0.2, -0.15) is 13.2 Å². The Morgan fingerprint density at radius 1 is 1.29 bits per heavy atom. The maximum Gasteiger partial charge on any atom is 0.411 e. The first-order valence-corrected chi connectivity index (χ1v) is 7.10. The van der Waals surface area contributed by atoms with E-state index in [1.807, 2.05) is 0 Å². The number of carboxylic acid groups (broad SMARTS) is 1. The summed E-state index contributed by atoms with van der Waals surface area (Å²) in [6.45, 7) is -1.25. The Balaban J connectivity index is 2.44. The average Bonchev–Trinajstić information content (AvgIpc) is 2.49. The summed E-state index contributed by atoms with van der Waals surface area (Å²) in [6, 6.07) is 6.19. The highest BCUT2D eigenvalue weighted by molar-refractivity contribution is 5.75. The van der Waals surface area contributed by atoms with Gasteiger partial charge in [-0.25, -0.2) is 4.79 Å². The molecule has 0 spiro atoms. The molecule has 0 atom stereocenters. The molecule has 0 aliphatic heterocycles. The predicted octanol–water partition coefficient (Wildman–Crippen LogP) is 2.38. The predicted molar refractivity (Wildman–Crippen MR) is 79.3 cm³/mol. The number of urea groups is 1. The first kappa shape index (κ1) is 19.8. The molecule has 0 aliphatic carbocycles. The van der Waals surface area contributed by atoms with Crippen molar-refractivity contribution in [2.45, 2.75) is 25.7 Å². The number of aliphatic carboxylic acids is 1. The molecule has 0 saturated carbocycles. The molecular weight excluding hydrogens is 329 g/mol. The zero-order valence-corrected chi connectivity index (χ0v) is 13.1. The molecule has 2 N–H and O–H groups in total. The zero-order valence-electron chi connectivity index (χ0n) is 13.1. The summed E-state index contributed by atoms with van der Waals surface area (Å²) < 4.78 is 40.6. The molecule has 1 rings (SSSR count). The fraction of sp³-hybridized carbons (Fsp3) is 0.467. The van der Waals surface area contributed by atoms with Gasteiger partial charge in [0.1, 0.15) is 6.61 Å². The fourth-order valence-corrected chi connectivity index (χ4v) is 1.79. The van der Waals surface area contributed by atoms with Gasteiger partial charge in [-0.15, -0.1) is 0 Å². The van der Waals surface area contributed by atoms with E-state index in [-0.39, 0.29) is 26.1 Å². The summed E-state index contributed by atoms with van der Waals surface area (Å²) in [7, 11) is 1.47. The van der Waals surface area contributed by atoms with Crippen molar-refractivity contribution in [2.75, 3.05) is 20.2 Å². The fourth-order valence-electron chi connectivity index (χ4n) is 1.79. The third-order valence-electron chi connectivity index (χ3n) is 2.98. The summed E-state index contributed by atoms with van der Waals surface area (Å²) in [5.74, 6) is -0.999. The number of carbonyl (C=O) groups excluding carboxylic acids is 1. The van der Waals surface area contributed by atoms with Gasteiger partial charge in [0.15, 0.2) is 0 Å². The number of benzene rings is 1. The number of halogens is 3. The Morgan fingerprint density at radius 2 is 1.96 bits per heavy atom. The zero-order chi connectivity index (χ0) is 18.2. The van der Waals surface area contributed by atoms with Crippen LogP contribution in [0.3, 0.4) is 0 Å². The normalized spacial score (nSPS) is 11.2. The lowest BCUT2D eigenvalue weighted by molar-refractivity contribution is -0.176. The van der Waals surface area contributed by atoms with Gasteiger partial charge in [-0.05, 0) is 11.1 Å². The van der Waals surface area contributed by atoms with E-state index in [9.17, 15) is 22.8 Å². The molecule has 1 aromatic rings. The second-order valence-corrected chi connectivity index (χ2v) is 5.15. The Kier molecular flexibility index (Phi) is 7.50. The van der Waals surface area contributed by atoms with E-state index in [4.69, 9.17) is 5.11 Å². The van der Waals surface area contributed by atoms with Crippen molar-refractivity contribution in [2.24, 2.45) is 0 Å². The first-order valence-electron chi connectivity index (χ1n) is 7.10. The molecule has 0 aliphatic rings. The molecule has 24 heavy (non-hydrogen) atoms. The highest BCUT2D eigenvalue weighted by Crippen LogP contribution is 2.16. The van der Waals surface area contributed by atoms with Crippen molar-refractivity contribution in [3.63, 3.8) is 0 Å². The number of hydrogen-bond donors (Lipinski definition) is 2. The van der Waals surface area contributed by atoms with Crippen molar-refractivity contribution in [1.29, 1.82) is 0 Å². The van der Waals surface area contributed by atoms with E-state index in [0.29, 0.717) is 11.1 Å². The summed E-state index contributed by atoms with van der Waals surface area (Å²) in [5.41, 5.74) is 1.26. The van der Waals surface area contributed by atoms with Crippen LogP contribution in [0.4, 0.5) is 18.0 Å². The number of nitrogens with zero attached hydrogens (tertiary/aromatic N) is 1. The molecule has 0 aromatic heterocycles. The quantitative estimate of drug-likeness (QED) is 0.756. The van der Waals surface area contributed by atoms with Gasteiger partial charge in [0.05, 0.1) is 13.0 Å². The second-order valence-electron chi connectivity index (χ2n) is 5.15. The number of carbonyl (C=O) groups is 2. The molecule has 0 bridgehead atoms. The van der Waals surface area contributed by atoms with Crippen molar-refractivity contribution in [1.82, 2.24) is 10.2 Å². The number of carboxylic acids is 1. The van der Waals surface area contributed by atoms with Gasteiger partial charge in [-0.1, -0.05) is 24.3 Å². The summed E-state index contributed by atoms with van der Waals surface area (Å²) in [6.07, 6.45) is -4.53. The van der Waals surface area contributed by atoms with Gasteiger partial charge in [-0.3, -0.25) is 4.79 Å². The van der Waals surface area contributed by atoms with Gasteiger partial charge >= 0.3 is 18.2 Å². The van der Waals surface area contributed by atoms with Crippen LogP contribution >= 0.6 is 0 Å². The highest BCUT2D eigenvalue weighted by Gasteiger charge is 2.27. The van der Waals surface area contributed by atoms with E-state index in [2.05, 4.69) is 10.1 Å². The SMILES string of the molecule is CN(CCC(=O)O)C(=O)NCc1cccc(COCC(F)(F)F)c1. The second kappa shape index (κ2) is 9.11. The van der Waals surface area contributed by atoms with Crippen LogP contribution < -0.4 is 5.32 Å². The summed E-state index contributed by atoms with van der Waals surface area (Å²) in [4.78, 5) is 23.5. The minimum atomic E-state index is -4.37. The monoisotopic (exact) mass is 348 g/mol. The van der Waals surface area contributed by atoms with Crippen LogP contribution in [0, 0.1) is 0 Å². The van der Waals surface area contributed by atoms with Crippen molar-refractivity contribution in [3.05, 3.63) is 35.4 Å². The maximum absolute atomic E-state index is 12.0. The lowest BCUT2D eigenvalue weighted by Gasteiger charge is -2.17. The van der Waals surface area contributed by atoms with Crippen LogP contribution in [0.5, 0.6) is 0 Å². The number of hydrogen-bond acceptors (Lipinski definition) is 3. The standard InChI is InChI=1S/C15H19F3N2O4/c1-20(6-5-13(21)22)14(23)19-8-11-3-2-4-12(7-11)9-24-10-15(16,17)18/h2-4,7H,5-6,8-10H2,1H3,(H,19,23)(H,21,22). The van der Waals surface area contributed by atoms with Crippen LogP contribution in [0.25, 0.3) is 0 Å². The van der Waals surface area contributed by atoms with E-state index in [0.717, 1.165) is 0 Å². The van der Waals surface area contributed by atoms with E-state index < -0.39 is 24.8 Å². The van der Waals surface area contributed by atoms with E-state index >= 15 is 0 Å². The van der Waals surface area contributed by atoms with Crippen LogP contribution in [0.2, 0.25) is 0 Å². The lowest BCUT2D eigenvalue weighted by Crippen LogP contribution is -2.38. The number of ether oxygens (including phenoxy) is 1. The Morgan fingerprint density at radius 3 is 2.58 bits per heavy atom. The molecule has 0 radical (unpaired) electrons. The van der Waals surface area contributed by atoms with Gasteiger partial charge in [0, 0.05) is 20.1 Å². The smallest absolute Gasteiger partial charge is 0.411 e. The molecule has 0 fully saturated rings. The third-order valence-corrected chi connectivity index (χ3v) is 2.98.